The standard InChI is InChI=1S/C14H27NO2/c1-12(2)9-14(3)16-11-13(17-14)10-15-7-5-4-6-8-15/h12-13H,4-11H2,1-3H3/t13-,14-/m0/s1. The molecule has 0 spiro atoms. The molecule has 0 aromatic rings. The summed E-state index contributed by atoms with van der Waals surface area (Å²) >= 11 is 0. The number of rotatable bonds is 4. The van der Waals surface area contributed by atoms with Crippen LogP contribution in [0.25, 0.3) is 0 Å². The van der Waals surface area contributed by atoms with Gasteiger partial charge < -0.3 is 14.4 Å². The van der Waals surface area contributed by atoms with Crippen LogP contribution in [-0.4, -0.2) is 43.0 Å². The van der Waals surface area contributed by atoms with E-state index in [4.69, 9.17) is 9.47 Å². The molecule has 2 atom stereocenters. The van der Waals surface area contributed by atoms with Crippen LogP contribution >= 0.6 is 0 Å². The highest BCUT2D eigenvalue weighted by atomic mass is 16.7. The van der Waals surface area contributed by atoms with Crippen molar-refractivity contribution in [3.05, 3.63) is 0 Å². The predicted molar refractivity (Wildman–Crippen MR) is 69.0 cm³/mol. The number of nitrogens with zero attached hydrogens (tertiary/aromatic N) is 1. The highest BCUT2D eigenvalue weighted by Gasteiger charge is 2.38. The zero-order valence-electron chi connectivity index (χ0n) is 11.6. The normalized spacial score (nSPS) is 35.6. The van der Waals surface area contributed by atoms with E-state index in [1.54, 1.807) is 0 Å². The Kier molecular flexibility index (Phi) is 4.45. The molecule has 2 rings (SSSR count). The van der Waals surface area contributed by atoms with Crippen LogP contribution in [-0.2, 0) is 9.47 Å². The first-order valence-corrected chi connectivity index (χ1v) is 7.11. The molecule has 0 bridgehead atoms. The lowest BCUT2D eigenvalue weighted by atomic mass is 10.0. The summed E-state index contributed by atoms with van der Waals surface area (Å²) in [4.78, 5) is 2.53. The van der Waals surface area contributed by atoms with E-state index in [1.807, 2.05) is 0 Å². The maximum absolute atomic E-state index is 6.10. The monoisotopic (exact) mass is 241 g/mol. The van der Waals surface area contributed by atoms with E-state index in [1.165, 1.54) is 32.4 Å². The molecule has 2 fully saturated rings. The minimum atomic E-state index is -0.339. The molecule has 17 heavy (non-hydrogen) atoms. The van der Waals surface area contributed by atoms with Crippen LogP contribution in [0.15, 0.2) is 0 Å². The van der Waals surface area contributed by atoms with Gasteiger partial charge in [-0.2, -0.15) is 0 Å². The molecule has 0 aromatic heterocycles. The molecule has 2 saturated heterocycles. The smallest absolute Gasteiger partial charge is 0.166 e. The minimum Gasteiger partial charge on any atom is -0.347 e. The number of piperidine rings is 1. The van der Waals surface area contributed by atoms with E-state index in [0.29, 0.717) is 5.92 Å². The second-order valence-corrected chi connectivity index (χ2v) is 6.14. The number of hydrogen-bond acceptors (Lipinski definition) is 3. The molecule has 100 valence electrons. The first kappa shape index (κ1) is 13.3. The largest absolute Gasteiger partial charge is 0.347 e. The van der Waals surface area contributed by atoms with Crippen LogP contribution in [0.2, 0.25) is 0 Å². The lowest BCUT2D eigenvalue weighted by Gasteiger charge is -2.29. The van der Waals surface area contributed by atoms with E-state index in [0.717, 1.165) is 19.6 Å². The molecule has 3 nitrogen and oxygen atoms in total. The van der Waals surface area contributed by atoms with Crippen molar-refractivity contribution in [2.24, 2.45) is 5.92 Å². The molecule has 2 heterocycles. The Hall–Kier alpha value is -0.120. The zero-order valence-corrected chi connectivity index (χ0v) is 11.6. The van der Waals surface area contributed by atoms with Crippen LogP contribution in [0.4, 0.5) is 0 Å². The number of ether oxygens (including phenoxy) is 2. The van der Waals surface area contributed by atoms with E-state index in [-0.39, 0.29) is 11.9 Å². The zero-order chi connectivity index (χ0) is 12.3. The third-order valence-electron chi connectivity index (χ3n) is 3.68. The molecule has 0 aliphatic carbocycles. The molecule has 2 aliphatic heterocycles. The fourth-order valence-corrected chi connectivity index (χ4v) is 3.06. The minimum absolute atomic E-state index is 0.275. The SMILES string of the molecule is CC(C)C[C@@]1(C)OC[C@H](CN2CCCCC2)O1. The fourth-order valence-electron chi connectivity index (χ4n) is 3.06. The predicted octanol–water partition coefficient (Wildman–Crippen LogP) is 2.65. The molecule has 0 saturated carbocycles. The molecule has 0 aromatic carbocycles. The number of hydrogen-bond donors (Lipinski definition) is 0. The van der Waals surface area contributed by atoms with Gasteiger partial charge in [-0.05, 0) is 38.8 Å². The van der Waals surface area contributed by atoms with Gasteiger partial charge in [0.2, 0.25) is 0 Å². The molecular formula is C14H27NO2. The molecule has 2 aliphatic rings. The molecule has 0 unspecified atom stereocenters. The van der Waals surface area contributed by atoms with Crippen LogP contribution in [0, 0.1) is 5.92 Å². The average Bonchev–Trinajstić information content (AvgIpc) is 2.60. The highest BCUT2D eigenvalue weighted by molar-refractivity contribution is 4.79. The Morgan fingerprint density at radius 3 is 2.59 bits per heavy atom. The van der Waals surface area contributed by atoms with Gasteiger partial charge in [-0.15, -0.1) is 0 Å². The Balaban J connectivity index is 1.76. The lowest BCUT2D eigenvalue weighted by Crippen LogP contribution is -2.38. The Labute approximate surface area is 105 Å². The summed E-state index contributed by atoms with van der Waals surface area (Å²) in [5, 5.41) is 0. The van der Waals surface area contributed by atoms with Gasteiger partial charge in [0.25, 0.3) is 0 Å². The van der Waals surface area contributed by atoms with Crippen molar-refractivity contribution in [2.45, 2.75) is 58.3 Å². The maximum Gasteiger partial charge on any atom is 0.166 e. The second kappa shape index (κ2) is 5.68. The Morgan fingerprint density at radius 2 is 1.94 bits per heavy atom. The van der Waals surface area contributed by atoms with E-state index < -0.39 is 0 Å². The summed E-state index contributed by atoms with van der Waals surface area (Å²) in [6.45, 7) is 10.8. The van der Waals surface area contributed by atoms with Crippen LogP contribution in [0.1, 0.15) is 46.5 Å². The first-order chi connectivity index (χ1) is 8.07. The topological polar surface area (TPSA) is 21.7 Å². The summed E-state index contributed by atoms with van der Waals surface area (Å²) in [5.41, 5.74) is 0. The molecule has 3 heteroatoms. The van der Waals surface area contributed by atoms with E-state index in [2.05, 4.69) is 25.7 Å². The summed E-state index contributed by atoms with van der Waals surface area (Å²) in [6, 6.07) is 0. The lowest BCUT2D eigenvalue weighted by molar-refractivity contribution is -0.166. The van der Waals surface area contributed by atoms with Gasteiger partial charge in [0.15, 0.2) is 5.79 Å². The van der Waals surface area contributed by atoms with Gasteiger partial charge in [-0.3, -0.25) is 0 Å². The van der Waals surface area contributed by atoms with Crippen molar-refractivity contribution < 1.29 is 9.47 Å². The molecule has 0 radical (unpaired) electrons. The van der Waals surface area contributed by atoms with Gasteiger partial charge in [0.1, 0.15) is 0 Å². The van der Waals surface area contributed by atoms with Crippen molar-refractivity contribution in [2.75, 3.05) is 26.2 Å². The van der Waals surface area contributed by atoms with Crippen molar-refractivity contribution in [3.8, 4) is 0 Å². The van der Waals surface area contributed by atoms with Gasteiger partial charge in [0, 0.05) is 13.0 Å². The van der Waals surface area contributed by atoms with Crippen LogP contribution in [0.3, 0.4) is 0 Å². The third-order valence-corrected chi connectivity index (χ3v) is 3.68. The van der Waals surface area contributed by atoms with E-state index in [9.17, 15) is 0 Å². The molecule has 0 amide bonds. The van der Waals surface area contributed by atoms with Crippen molar-refractivity contribution in [3.63, 3.8) is 0 Å². The van der Waals surface area contributed by atoms with Gasteiger partial charge in [-0.25, -0.2) is 0 Å². The van der Waals surface area contributed by atoms with Gasteiger partial charge >= 0.3 is 0 Å². The Morgan fingerprint density at radius 1 is 1.24 bits per heavy atom. The summed E-state index contributed by atoms with van der Waals surface area (Å²) in [5.74, 6) is 0.281. The third kappa shape index (κ3) is 3.94. The van der Waals surface area contributed by atoms with Gasteiger partial charge in [-0.1, -0.05) is 20.3 Å². The van der Waals surface area contributed by atoms with Crippen LogP contribution in [0.5, 0.6) is 0 Å². The summed E-state index contributed by atoms with van der Waals surface area (Å²) in [7, 11) is 0. The molecular weight excluding hydrogens is 214 g/mol. The highest BCUT2D eigenvalue weighted by Crippen LogP contribution is 2.30. The van der Waals surface area contributed by atoms with Crippen molar-refractivity contribution in [1.82, 2.24) is 4.90 Å². The fraction of sp³-hybridized carbons (Fsp3) is 1.00. The van der Waals surface area contributed by atoms with Crippen molar-refractivity contribution in [1.29, 1.82) is 0 Å². The quantitative estimate of drug-likeness (QED) is 0.755. The van der Waals surface area contributed by atoms with Crippen LogP contribution < -0.4 is 0 Å². The van der Waals surface area contributed by atoms with Gasteiger partial charge in [0.05, 0.1) is 12.7 Å². The Bertz CT molecular complexity index is 238. The second-order valence-electron chi connectivity index (χ2n) is 6.14. The molecule has 0 N–H and O–H groups in total. The summed E-state index contributed by atoms with van der Waals surface area (Å²) in [6.07, 6.45) is 5.35. The van der Waals surface area contributed by atoms with E-state index >= 15 is 0 Å². The average molecular weight is 241 g/mol. The first-order valence-electron chi connectivity index (χ1n) is 7.11. The maximum atomic E-state index is 6.10. The summed E-state index contributed by atoms with van der Waals surface area (Å²) < 4.78 is 12.0. The van der Waals surface area contributed by atoms with Crippen molar-refractivity contribution >= 4 is 0 Å². The number of likely N-dealkylation sites (tertiary alicyclic amines) is 1.